The van der Waals surface area contributed by atoms with E-state index in [1.165, 1.54) is 72.3 Å². The lowest BCUT2D eigenvalue weighted by Crippen LogP contribution is -2.09. The van der Waals surface area contributed by atoms with Crippen molar-refractivity contribution >= 4 is 39.0 Å². The molecular weight excluding hydrogens is 727 g/mol. The Bertz CT molecular complexity index is 3080. The van der Waals surface area contributed by atoms with E-state index in [2.05, 4.69) is 221 Å². The molecule has 0 atom stereocenters. The summed E-state index contributed by atoms with van der Waals surface area (Å²) in [4.78, 5) is 2.32. The second kappa shape index (κ2) is 15.4. The topological polar surface area (TPSA) is 16.4 Å². The molecule has 0 saturated heterocycles. The SMILES string of the molecule is Cc1ccccc1-c1ccc(-c2cc(-c3ccc(N(c4ccccc4)c4ccc5oc6ccccc6c5c4)cc3)cc(-c3ccc(-c4ccccc4C)c(C)c3)c2)cc1C. The molecule has 0 bridgehead atoms. The molecule has 0 radical (unpaired) electrons. The summed E-state index contributed by atoms with van der Waals surface area (Å²) >= 11 is 0. The maximum Gasteiger partial charge on any atom is 0.135 e. The summed E-state index contributed by atoms with van der Waals surface area (Å²) in [5.41, 5.74) is 22.4. The third kappa shape index (κ3) is 6.86. The second-order valence-corrected chi connectivity index (χ2v) is 16.0. The zero-order valence-electron chi connectivity index (χ0n) is 34.4. The molecule has 0 unspecified atom stereocenters. The van der Waals surface area contributed by atoms with Crippen LogP contribution in [0.3, 0.4) is 0 Å². The van der Waals surface area contributed by atoms with Gasteiger partial charge in [0, 0.05) is 27.8 Å². The Labute approximate surface area is 352 Å². The highest BCUT2D eigenvalue weighted by Crippen LogP contribution is 2.41. The van der Waals surface area contributed by atoms with Crippen LogP contribution in [0.15, 0.2) is 205 Å². The fraction of sp³-hybridized carbons (Fsp3) is 0.0690. The standard InChI is InChI=1S/C58H45NO/c1-38-14-8-10-18-51(38)53-29-24-43(32-40(53)3)46-34-45(35-47(36-46)44-25-30-54(41(4)33-44)52-19-11-9-15-39(52)2)42-22-26-49(27-23-42)59(48-16-6-5-7-17-48)50-28-31-58-56(37-50)55-20-12-13-21-57(55)60-58/h5-37H,1-4H3. The summed E-state index contributed by atoms with van der Waals surface area (Å²) in [6.45, 7) is 8.84. The van der Waals surface area contributed by atoms with Gasteiger partial charge in [0.25, 0.3) is 0 Å². The van der Waals surface area contributed by atoms with Crippen LogP contribution in [0.1, 0.15) is 22.3 Å². The molecule has 0 aliphatic carbocycles. The molecule has 0 N–H and O–H groups in total. The fourth-order valence-corrected chi connectivity index (χ4v) is 8.85. The van der Waals surface area contributed by atoms with Crippen molar-refractivity contribution in [3.63, 3.8) is 0 Å². The van der Waals surface area contributed by atoms with Crippen molar-refractivity contribution in [3.05, 3.63) is 222 Å². The molecular formula is C58H45NO. The van der Waals surface area contributed by atoms with Gasteiger partial charge in [-0.2, -0.15) is 0 Å². The van der Waals surface area contributed by atoms with Crippen LogP contribution < -0.4 is 4.90 Å². The number of para-hydroxylation sites is 2. The zero-order valence-corrected chi connectivity index (χ0v) is 34.4. The Kier molecular flexibility index (Phi) is 9.47. The van der Waals surface area contributed by atoms with Crippen molar-refractivity contribution in [2.24, 2.45) is 0 Å². The van der Waals surface area contributed by atoms with Gasteiger partial charge in [-0.3, -0.25) is 0 Å². The summed E-state index contributed by atoms with van der Waals surface area (Å²) in [6.07, 6.45) is 0. The number of fused-ring (bicyclic) bond motifs is 3. The van der Waals surface area contributed by atoms with Crippen molar-refractivity contribution in [2.75, 3.05) is 4.90 Å². The van der Waals surface area contributed by atoms with Crippen LogP contribution in [0.2, 0.25) is 0 Å². The number of hydrogen-bond donors (Lipinski definition) is 0. The monoisotopic (exact) mass is 771 g/mol. The van der Waals surface area contributed by atoms with Crippen molar-refractivity contribution in [2.45, 2.75) is 27.7 Å². The van der Waals surface area contributed by atoms with E-state index in [0.29, 0.717) is 0 Å². The average molecular weight is 772 g/mol. The fourth-order valence-electron chi connectivity index (χ4n) is 8.85. The summed E-state index contributed by atoms with van der Waals surface area (Å²) in [6, 6.07) is 72.5. The molecule has 10 aromatic rings. The minimum absolute atomic E-state index is 0.888. The maximum absolute atomic E-state index is 6.20. The average Bonchev–Trinajstić information content (AvgIpc) is 3.66. The van der Waals surface area contributed by atoms with Crippen LogP contribution in [0, 0.1) is 27.7 Å². The normalized spacial score (nSPS) is 11.3. The van der Waals surface area contributed by atoms with Gasteiger partial charge in [-0.05, 0) is 172 Å². The Morgan fingerprint density at radius 3 is 1.32 bits per heavy atom. The molecule has 60 heavy (non-hydrogen) atoms. The van der Waals surface area contributed by atoms with Crippen molar-refractivity contribution in [1.29, 1.82) is 0 Å². The summed E-state index contributed by atoms with van der Waals surface area (Å²) < 4.78 is 6.20. The molecule has 0 aliphatic rings. The first-order valence-corrected chi connectivity index (χ1v) is 20.7. The molecule has 0 fully saturated rings. The molecule has 10 rings (SSSR count). The number of hydrogen-bond acceptors (Lipinski definition) is 2. The molecule has 288 valence electrons. The number of rotatable bonds is 8. The molecule has 0 spiro atoms. The molecule has 9 aromatic carbocycles. The van der Waals surface area contributed by atoms with Crippen LogP contribution in [0.5, 0.6) is 0 Å². The zero-order chi connectivity index (χ0) is 40.7. The first kappa shape index (κ1) is 36.9. The first-order chi connectivity index (χ1) is 29.4. The molecule has 0 saturated carbocycles. The van der Waals surface area contributed by atoms with Gasteiger partial charge in [-0.25, -0.2) is 0 Å². The lowest BCUT2D eigenvalue weighted by molar-refractivity contribution is 0.669. The summed E-state index contributed by atoms with van der Waals surface area (Å²) in [7, 11) is 0. The second-order valence-electron chi connectivity index (χ2n) is 16.0. The lowest BCUT2D eigenvalue weighted by atomic mass is 9.89. The van der Waals surface area contributed by atoms with E-state index in [0.717, 1.165) is 44.6 Å². The minimum Gasteiger partial charge on any atom is -0.456 e. The predicted molar refractivity (Wildman–Crippen MR) is 255 cm³/mol. The Morgan fingerprint density at radius 2 is 0.733 bits per heavy atom. The van der Waals surface area contributed by atoms with Crippen molar-refractivity contribution in [3.8, 4) is 55.6 Å². The van der Waals surface area contributed by atoms with Gasteiger partial charge in [-0.1, -0.05) is 133 Å². The van der Waals surface area contributed by atoms with Crippen LogP contribution >= 0.6 is 0 Å². The number of benzene rings is 9. The number of aryl methyl sites for hydroxylation is 4. The maximum atomic E-state index is 6.20. The van der Waals surface area contributed by atoms with Crippen LogP contribution in [0.4, 0.5) is 17.1 Å². The molecule has 1 aromatic heterocycles. The van der Waals surface area contributed by atoms with E-state index in [1.54, 1.807) is 0 Å². The van der Waals surface area contributed by atoms with Gasteiger partial charge >= 0.3 is 0 Å². The lowest BCUT2D eigenvalue weighted by Gasteiger charge is -2.25. The van der Waals surface area contributed by atoms with Crippen molar-refractivity contribution in [1.82, 2.24) is 0 Å². The van der Waals surface area contributed by atoms with E-state index in [-0.39, 0.29) is 0 Å². The molecule has 0 amide bonds. The highest BCUT2D eigenvalue weighted by atomic mass is 16.3. The number of anilines is 3. The highest BCUT2D eigenvalue weighted by Gasteiger charge is 2.17. The van der Waals surface area contributed by atoms with Gasteiger partial charge in [-0.15, -0.1) is 0 Å². The summed E-state index contributed by atoms with van der Waals surface area (Å²) in [5.74, 6) is 0. The van der Waals surface area contributed by atoms with Gasteiger partial charge in [0.1, 0.15) is 11.2 Å². The Morgan fingerprint density at radius 1 is 0.283 bits per heavy atom. The van der Waals surface area contributed by atoms with Gasteiger partial charge in [0.2, 0.25) is 0 Å². The minimum atomic E-state index is 0.888. The van der Waals surface area contributed by atoms with E-state index in [9.17, 15) is 0 Å². The Balaban J connectivity index is 1.08. The third-order valence-electron chi connectivity index (χ3n) is 12.0. The van der Waals surface area contributed by atoms with Crippen LogP contribution in [-0.2, 0) is 0 Å². The van der Waals surface area contributed by atoms with Crippen LogP contribution in [-0.4, -0.2) is 0 Å². The quantitative estimate of drug-likeness (QED) is 0.153. The molecule has 1 heterocycles. The predicted octanol–water partition coefficient (Wildman–Crippen LogP) is 16.6. The van der Waals surface area contributed by atoms with E-state index >= 15 is 0 Å². The van der Waals surface area contributed by atoms with E-state index in [1.807, 2.05) is 12.1 Å². The van der Waals surface area contributed by atoms with Gasteiger partial charge < -0.3 is 9.32 Å². The van der Waals surface area contributed by atoms with Gasteiger partial charge in [0.05, 0.1) is 0 Å². The van der Waals surface area contributed by atoms with Gasteiger partial charge in [0.15, 0.2) is 0 Å². The first-order valence-electron chi connectivity index (χ1n) is 20.7. The smallest absolute Gasteiger partial charge is 0.135 e. The van der Waals surface area contributed by atoms with Crippen LogP contribution in [0.25, 0.3) is 77.6 Å². The molecule has 2 nitrogen and oxygen atoms in total. The molecule has 2 heteroatoms. The van der Waals surface area contributed by atoms with E-state index < -0.39 is 0 Å². The number of nitrogens with zero attached hydrogens (tertiary/aromatic N) is 1. The highest BCUT2D eigenvalue weighted by molar-refractivity contribution is 6.06. The Hall–Kier alpha value is -7.42. The summed E-state index contributed by atoms with van der Waals surface area (Å²) in [5, 5.41) is 2.22. The molecule has 0 aliphatic heterocycles. The number of furan rings is 1. The van der Waals surface area contributed by atoms with E-state index in [4.69, 9.17) is 4.42 Å². The third-order valence-corrected chi connectivity index (χ3v) is 12.0. The largest absolute Gasteiger partial charge is 0.456 e. The van der Waals surface area contributed by atoms with Crippen molar-refractivity contribution < 1.29 is 4.42 Å².